The molecule has 0 nitrogen and oxygen atoms in total. The normalized spacial score (nSPS) is 14.2. The molecule has 0 aromatic rings. The van der Waals surface area contributed by atoms with Crippen molar-refractivity contribution in [3.05, 3.63) is 0 Å². The first-order chi connectivity index (χ1) is 7.04. The van der Waals surface area contributed by atoms with E-state index in [1.54, 1.807) is 0 Å². The minimum atomic E-state index is 0.0759. The van der Waals surface area contributed by atoms with E-state index in [2.05, 4.69) is 20.8 Å². The quantitative estimate of drug-likeness (QED) is 0.370. The Kier molecular flexibility index (Phi) is 9.04. The molecule has 0 spiro atoms. The van der Waals surface area contributed by atoms with Gasteiger partial charge in [0.1, 0.15) is 0 Å². The number of hydrogen-bond donors (Lipinski definition) is 0. The molecule has 0 aliphatic rings. The lowest BCUT2D eigenvalue weighted by atomic mass is 9.88. The van der Waals surface area contributed by atoms with Crippen LogP contribution in [0.1, 0.15) is 65.7 Å². The minimum absolute atomic E-state index is 0.0759. The van der Waals surface area contributed by atoms with Crippen LogP contribution in [0.15, 0.2) is 0 Å². The summed E-state index contributed by atoms with van der Waals surface area (Å²) in [6, 6.07) is 0. The Hall–Kier alpha value is 0.580. The van der Waals surface area contributed by atoms with Crippen LogP contribution >= 0.6 is 23.2 Å². The molecule has 1 unspecified atom stereocenters. The average Bonchev–Trinajstić information content (AvgIpc) is 2.22. The Balaban J connectivity index is 3.43. The fraction of sp³-hybridized carbons (Fsp3) is 1.00. The summed E-state index contributed by atoms with van der Waals surface area (Å²) in [6.45, 7) is 6.54. The predicted molar refractivity (Wildman–Crippen MR) is 72.1 cm³/mol. The van der Waals surface area contributed by atoms with Gasteiger partial charge in [0.05, 0.1) is 0 Å². The highest BCUT2D eigenvalue weighted by Crippen LogP contribution is 2.30. The second-order valence-corrected chi connectivity index (χ2v) is 5.94. The van der Waals surface area contributed by atoms with Crippen molar-refractivity contribution in [3.63, 3.8) is 0 Å². The molecule has 0 amide bonds. The molecule has 0 aliphatic heterocycles. The maximum Gasteiger partial charge on any atom is 0.0398 e. The zero-order valence-electron chi connectivity index (χ0n) is 10.5. The number of halogens is 2. The molecule has 1 atom stereocenters. The van der Waals surface area contributed by atoms with Gasteiger partial charge in [0, 0.05) is 11.3 Å². The number of hydrogen-bond acceptors (Lipinski definition) is 0. The zero-order valence-corrected chi connectivity index (χ0v) is 12.0. The van der Waals surface area contributed by atoms with Crippen LogP contribution < -0.4 is 0 Å². The number of rotatable bonds is 9. The third kappa shape index (κ3) is 7.47. The third-order valence-corrected chi connectivity index (χ3v) is 4.50. The first kappa shape index (κ1) is 15.6. The van der Waals surface area contributed by atoms with Gasteiger partial charge in [0.25, 0.3) is 0 Å². The Morgan fingerprint density at radius 1 is 1.00 bits per heavy atom. The molecule has 0 aliphatic carbocycles. The predicted octanol–water partition coefficient (Wildman–Crippen LogP) is 5.61. The summed E-state index contributed by atoms with van der Waals surface area (Å²) in [5, 5.41) is 0.223. The molecule has 0 aromatic heterocycles. The van der Waals surface area contributed by atoms with Gasteiger partial charge < -0.3 is 0 Å². The fourth-order valence-electron chi connectivity index (χ4n) is 1.58. The van der Waals surface area contributed by atoms with Gasteiger partial charge in [0.2, 0.25) is 0 Å². The zero-order chi connectivity index (χ0) is 11.7. The Labute approximate surface area is 106 Å². The lowest BCUT2D eigenvalue weighted by Gasteiger charge is -2.27. The second-order valence-electron chi connectivity index (χ2n) is 5.15. The molecule has 15 heavy (non-hydrogen) atoms. The molecule has 0 radical (unpaired) electrons. The van der Waals surface area contributed by atoms with Crippen LogP contribution in [0.4, 0.5) is 0 Å². The van der Waals surface area contributed by atoms with Crippen LogP contribution in [0.2, 0.25) is 0 Å². The summed E-state index contributed by atoms with van der Waals surface area (Å²) in [6.07, 6.45) is 9.10. The van der Waals surface area contributed by atoms with E-state index in [0.29, 0.717) is 5.88 Å². The first-order valence-electron chi connectivity index (χ1n) is 6.24. The summed E-state index contributed by atoms with van der Waals surface area (Å²) in [5.41, 5.74) is 0.0759. The summed E-state index contributed by atoms with van der Waals surface area (Å²) >= 11 is 12.2. The molecular weight excluding hydrogens is 227 g/mol. The Morgan fingerprint density at radius 2 is 1.53 bits per heavy atom. The SMILES string of the molecule is CCCCCCCCC(Cl)C(C)(C)CCl. The van der Waals surface area contributed by atoms with Crippen molar-refractivity contribution in [1.82, 2.24) is 0 Å². The van der Waals surface area contributed by atoms with Crippen LogP contribution in [-0.2, 0) is 0 Å². The van der Waals surface area contributed by atoms with Crippen molar-refractivity contribution in [1.29, 1.82) is 0 Å². The van der Waals surface area contributed by atoms with Crippen molar-refractivity contribution >= 4 is 23.2 Å². The van der Waals surface area contributed by atoms with E-state index in [9.17, 15) is 0 Å². The highest BCUT2D eigenvalue weighted by Gasteiger charge is 2.25. The van der Waals surface area contributed by atoms with Gasteiger partial charge in [-0.25, -0.2) is 0 Å². The van der Waals surface area contributed by atoms with Crippen LogP contribution in [0, 0.1) is 5.41 Å². The third-order valence-electron chi connectivity index (χ3n) is 3.00. The van der Waals surface area contributed by atoms with Crippen LogP contribution in [0.3, 0.4) is 0 Å². The van der Waals surface area contributed by atoms with Crippen molar-refractivity contribution < 1.29 is 0 Å². The van der Waals surface area contributed by atoms with Gasteiger partial charge in [-0.1, -0.05) is 59.3 Å². The summed E-state index contributed by atoms with van der Waals surface area (Å²) in [5.74, 6) is 0.650. The van der Waals surface area contributed by atoms with E-state index in [0.717, 1.165) is 6.42 Å². The maximum absolute atomic E-state index is 6.33. The molecular formula is C13H26Cl2. The van der Waals surface area contributed by atoms with Crippen molar-refractivity contribution in [2.24, 2.45) is 5.41 Å². The van der Waals surface area contributed by atoms with E-state index < -0.39 is 0 Å². The smallest absolute Gasteiger partial charge is 0.0398 e. The molecule has 0 rings (SSSR count). The fourth-order valence-corrected chi connectivity index (χ4v) is 2.08. The molecule has 0 saturated carbocycles. The molecule has 2 heteroatoms. The second kappa shape index (κ2) is 8.70. The molecule has 0 saturated heterocycles. The molecule has 0 fully saturated rings. The van der Waals surface area contributed by atoms with Gasteiger partial charge in [-0.15, -0.1) is 23.2 Å². The highest BCUT2D eigenvalue weighted by atomic mass is 35.5. The van der Waals surface area contributed by atoms with Gasteiger partial charge in [-0.2, -0.15) is 0 Å². The van der Waals surface area contributed by atoms with Gasteiger partial charge in [0.15, 0.2) is 0 Å². The van der Waals surface area contributed by atoms with E-state index in [-0.39, 0.29) is 10.8 Å². The standard InChI is InChI=1S/C13H26Cl2/c1-4-5-6-7-8-9-10-12(15)13(2,3)11-14/h12H,4-11H2,1-3H3. The van der Waals surface area contributed by atoms with Gasteiger partial charge in [-0.05, 0) is 11.8 Å². The van der Waals surface area contributed by atoms with Gasteiger partial charge in [-0.3, -0.25) is 0 Å². The van der Waals surface area contributed by atoms with Crippen LogP contribution in [0.25, 0.3) is 0 Å². The van der Waals surface area contributed by atoms with Crippen molar-refractivity contribution in [2.45, 2.75) is 71.1 Å². The number of alkyl halides is 2. The molecule has 92 valence electrons. The van der Waals surface area contributed by atoms with E-state index >= 15 is 0 Å². The summed E-state index contributed by atoms with van der Waals surface area (Å²) in [7, 11) is 0. The summed E-state index contributed by atoms with van der Waals surface area (Å²) < 4.78 is 0. The first-order valence-corrected chi connectivity index (χ1v) is 7.21. The monoisotopic (exact) mass is 252 g/mol. The van der Waals surface area contributed by atoms with E-state index in [4.69, 9.17) is 23.2 Å². The largest absolute Gasteiger partial charge is 0.126 e. The molecule has 0 heterocycles. The maximum atomic E-state index is 6.33. The molecule has 0 N–H and O–H groups in total. The van der Waals surface area contributed by atoms with Gasteiger partial charge >= 0.3 is 0 Å². The van der Waals surface area contributed by atoms with E-state index in [1.165, 1.54) is 38.5 Å². The van der Waals surface area contributed by atoms with Crippen LogP contribution in [-0.4, -0.2) is 11.3 Å². The lowest BCUT2D eigenvalue weighted by molar-refractivity contribution is 0.370. The number of unbranched alkanes of at least 4 members (excludes halogenated alkanes) is 5. The topological polar surface area (TPSA) is 0 Å². The highest BCUT2D eigenvalue weighted by molar-refractivity contribution is 6.23. The van der Waals surface area contributed by atoms with Crippen molar-refractivity contribution in [2.75, 3.05) is 5.88 Å². The minimum Gasteiger partial charge on any atom is -0.126 e. The van der Waals surface area contributed by atoms with Crippen molar-refractivity contribution in [3.8, 4) is 0 Å². The van der Waals surface area contributed by atoms with Crippen LogP contribution in [0.5, 0.6) is 0 Å². The average molecular weight is 253 g/mol. The summed E-state index contributed by atoms with van der Waals surface area (Å²) in [4.78, 5) is 0. The lowest BCUT2D eigenvalue weighted by Crippen LogP contribution is -2.26. The Bertz CT molecular complexity index is 143. The molecule has 0 aromatic carbocycles. The Morgan fingerprint density at radius 3 is 2.07 bits per heavy atom. The van der Waals surface area contributed by atoms with E-state index in [1.807, 2.05) is 0 Å². The molecule has 0 bridgehead atoms.